The van der Waals surface area contributed by atoms with Gasteiger partial charge in [0.25, 0.3) is 0 Å². The minimum atomic E-state index is -0.677. The lowest BCUT2D eigenvalue weighted by molar-refractivity contribution is -0.162. The highest BCUT2D eigenvalue weighted by Gasteiger charge is 2.33. The Hall–Kier alpha value is -3.56. The average molecular weight is 506 g/mol. The lowest BCUT2D eigenvalue weighted by Gasteiger charge is -2.38. The summed E-state index contributed by atoms with van der Waals surface area (Å²) in [7, 11) is 0. The van der Waals surface area contributed by atoms with Gasteiger partial charge >= 0.3 is 5.97 Å². The lowest BCUT2D eigenvalue weighted by Crippen LogP contribution is -2.42. The molecule has 1 fully saturated rings. The van der Waals surface area contributed by atoms with Gasteiger partial charge in [0.05, 0.1) is 19.3 Å². The van der Waals surface area contributed by atoms with Crippen molar-refractivity contribution < 1.29 is 18.7 Å². The molecule has 0 radical (unpaired) electrons. The Kier molecular flexibility index (Phi) is 7.34. The summed E-state index contributed by atoms with van der Waals surface area (Å²) in [6.45, 7) is 8.70. The van der Waals surface area contributed by atoms with Gasteiger partial charge in [0.1, 0.15) is 17.3 Å². The summed E-state index contributed by atoms with van der Waals surface area (Å²) in [6.07, 6.45) is 0.223. The largest absolute Gasteiger partial charge is 0.440 e. The number of fused-ring (bicyclic) bond motifs is 1. The monoisotopic (exact) mass is 505 g/mol. The van der Waals surface area contributed by atoms with Crippen LogP contribution in [0.15, 0.2) is 48.5 Å². The first-order chi connectivity index (χ1) is 17.9. The summed E-state index contributed by atoms with van der Waals surface area (Å²) in [5, 5.41) is 3.22. The second-order valence-electron chi connectivity index (χ2n) is 9.44. The zero-order valence-electron chi connectivity index (χ0n) is 21.4. The van der Waals surface area contributed by atoms with Crippen LogP contribution in [-0.2, 0) is 20.7 Å². The molecule has 0 amide bonds. The highest BCUT2D eigenvalue weighted by atomic mass is 19.1. The van der Waals surface area contributed by atoms with Gasteiger partial charge in [0.15, 0.2) is 6.23 Å². The van der Waals surface area contributed by atoms with E-state index in [1.54, 1.807) is 12.1 Å². The molecule has 2 aromatic carbocycles. The molecule has 1 N–H and O–H groups in total. The number of halogens is 1. The maximum absolute atomic E-state index is 13.5. The van der Waals surface area contributed by atoms with Crippen molar-refractivity contribution in [2.24, 2.45) is 0 Å². The third-order valence-electron chi connectivity index (χ3n) is 7.01. The molecular formula is C28H32FN5O3. The number of ether oxygens (including phenoxy) is 2. The molecule has 37 heavy (non-hydrogen) atoms. The molecule has 9 heteroatoms. The minimum absolute atomic E-state index is 0.0978. The van der Waals surface area contributed by atoms with E-state index in [1.165, 1.54) is 30.2 Å². The molecule has 3 aromatic rings. The number of rotatable bonds is 6. The van der Waals surface area contributed by atoms with Crippen molar-refractivity contribution >= 4 is 23.4 Å². The van der Waals surface area contributed by atoms with E-state index in [2.05, 4.69) is 46.3 Å². The van der Waals surface area contributed by atoms with Crippen molar-refractivity contribution in [3.05, 3.63) is 76.7 Å². The third-order valence-corrected chi connectivity index (χ3v) is 7.01. The predicted molar refractivity (Wildman–Crippen MR) is 139 cm³/mol. The van der Waals surface area contributed by atoms with E-state index in [1.807, 2.05) is 6.92 Å². The summed E-state index contributed by atoms with van der Waals surface area (Å²) < 4.78 is 24.9. The van der Waals surface area contributed by atoms with Crippen molar-refractivity contribution in [1.29, 1.82) is 0 Å². The number of benzene rings is 2. The Morgan fingerprint density at radius 2 is 1.84 bits per heavy atom. The Balaban J connectivity index is 1.60. The van der Waals surface area contributed by atoms with Gasteiger partial charge in [0, 0.05) is 37.8 Å². The van der Waals surface area contributed by atoms with E-state index in [0.29, 0.717) is 43.6 Å². The number of morpholine rings is 1. The highest BCUT2D eigenvalue weighted by molar-refractivity contribution is 5.67. The predicted octanol–water partition coefficient (Wildman–Crippen LogP) is 4.69. The van der Waals surface area contributed by atoms with Crippen molar-refractivity contribution in [2.45, 2.75) is 39.5 Å². The molecule has 2 aliphatic heterocycles. The molecule has 2 atom stereocenters. The third kappa shape index (κ3) is 5.42. The van der Waals surface area contributed by atoms with Crippen LogP contribution in [0.2, 0.25) is 0 Å². The maximum atomic E-state index is 13.5. The van der Waals surface area contributed by atoms with E-state index in [0.717, 1.165) is 24.3 Å². The number of aromatic nitrogens is 2. The molecule has 2 aliphatic rings. The smallest absolute Gasteiger partial charge is 0.304 e. The van der Waals surface area contributed by atoms with Crippen molar-refractivity contribution in [3.63, 3.8) is 0 Å². The van der Waals surface area contributed by atoms with E-state index >= 15 is 0 Å². The van der Waals surface area contributed by atoms with E-state index in [-0.39, 0.29) is 17.8 Å². The first-order valence-corrected chi connectivity index (χ1v) is 12.7. The van der Waals surface area contributed by atoms with Gasteiger partial charge in [-0.25, -0.2) is 9.37 Å². The van der Waals surface area contributed by atoms with Gasteiger partial charge in [0.2, 0.25) is 5.95 Å². The number of carbonyl (C=O) groups is 1. The number of hydrogen-bond acceptors (Lipinski definition) is 8. The Labute approximate surface area is 216 Å². The Morgan fingerprint density at radius 3 is 2.57 bits per heavy atom. The van der Waals surface area contributed by atoms with Crippen LogP contribution >= 0.6 is 0 Å². The summed E-state index contributed by atoms with van der Waals surface area (Å²) in [4.78, 5) is 26.3. The molecule has 1 saturated heterocycles. The van der Waals surface area contributed by atoms with Crippen molar-refractivity contribution in [3.8, 4) is 0 Å². The van der Waals surface area contributed by atoms with E-state index < -0.39 is 6.23 Å². The second-order valence-corrected chi connectivity index (χ2v) is 9.44. The van der Waals surface area contributed by atoms with Gasteiger partial charge in [-0.15, -0.1) is 0 Å². The summed E-state index contributed by atoms with van der Waals surface area (Å²) in [5.74, 6) is 0.435. The fourth-order valence-electron chi connectivity index (χ4n) is 5.09. The van der Waals surface area contributed by atoms with Gasteiger partial charge in [-0.2, -0.15) is 4.98 Å². The Morgan fingerprint density at radius 1 is 1.11 bits per heavy atom. The van der Waals surface area contributed by atoms with Gasteiger partial charge in [-0.3, -0.25) is 9.69 Å². The Bertz CT molecular complexity index is 1260. The normalized spacial score (nSPS) is 18.7. The lowest BCUT2D eigenvalue weighted by atomic mass is 9.93. The fraction of sp³-hybridized carbons (Fsp3) is 0.393. The molecular weight excluding hydrogens is 473 g/mol. The van der Waals surface area contributed by atoms with Crippen LogP contribution in [0, 0.1) is 12.7 Å². The van der Waals surface area contributed by atoms with Crippen LogP contribution in [0.5, 0.6) is 0 Å². The van der Waals surface area contributed by atoms with Crippen LogP contribution in [0.3, 0.4) is 0 Å². The molecule has 0 saturated carbocycles. The molecule has 0 bridgehead atoms. The number of hydrogen-bond donors (Lipinski definition) is 1. The van der Waals surface area contributed by atoms with Gasteiger partial charge < -0.3 is 19.7 Å². The fourth-order valence-corrected chi connectivity index (χ4v) is 5.09. The summed E-state index contributed by atoms with van der Waals surface area (Å²) >= 11 is 0. The summed E-state index contributed by atoms with van der Waals surface area (Å²) in [5.41, 5.74) is 4.75. The molecule has 1 aromatic heterocycles. The first kappa shape index (κ1) is 25.1. The molecule has 3 heterocycles. The molecule has 8 nitrogen and oxygen atoms in total. The van der Waals surface area contributed by atoms with Gasteiger partial charge in [-0.1, -0.05) is 24.3 Å². The zero-order chi connectivity index (χ0) is 25.9. The summed E-state index contributed by atoms with van der Waals surface area (Å²) in [6, 6.07) is 14.6. The first-order valence-electron chi connectivity index (χ1n) is 12.7. The van der Waals surface area contributed by atoms with Crippen molar-refractivity contribution in [2.75, 3.05) is 43.1 Å². The average Bonchev–Trinajstić information content (AvgIpc) is 2.91. The molecule has 0 spiro atoms. The van der Waals surface area contributed by atoms with Crippen molar-refractivity contribution in [1.82, 2.24) is 14.9 Å². The SMILES string of the molecule is CC(=O)OC(c1nc(Nc2ccc(F)cc2)nc(N2CCc3ccccc3C2C)c1C)N1CCOCC1. The number of esters is 1. The number of anilines is 3. The standard InChI is InChI=1S/C28H32FN5O3/c1-18-25(27(37-20(3)35)33-14-16-36-17-15-33)31-28(30-23-10-8-22(29)9-11-23)32-26(18)34-13-12-21-6-4-5-7-24(21)19(34)2/h4-11,19,27H,12-17H2,1-3H3,(H,30,31,32). The molecule has 5 rings (SSSR count). The maximum Gasteiger partial charge on any atom is 0.304 e. The van der Waals surface area contributed by atoms with Crippen LogP contribution in [-0.4, -0.2) is 53.7 Å². The van der Waals surface area contributed by atoms with E-state index in [9.17, 15) is 9.18 Å². The second kappa shape index (κ2) is 10.8. The van der Waals surface area contributed by atoms with Crippen LogP contribution in [0.1, 0.15) is 48.5 Å². The number of carbonyl (C=O) groups excluding carboxylic acids is 1. The minimum Gasteiger partial charge on any atom is -0.440 e. The molecule has 194 valence electrons. The van der Waals surface area contributed by atoms with Crippen LogP contribution in [0.25, 0.3) is 0 Å². The van der Waals surface area contributed by atoms with Crippen LogP contribution in [0.4, 0.5) is 21.8 Å². The number of nitrogens with one attached hydrogen (secondary N) is 1. The number of nitrogens with zero attached hydrogens (tertiary/aromatic N) is 4. The molecule has 2 unspecified atom stereocenters. The van der Waals surface area contributed by atoms with Crippen LogP contribution < -0.4 is 10.2 Å². The highest BCUT2D eigenvalue weighted by Crippen LogP contribution is 2.37. The van der Waals surface area contributed by atoms with E-state index in [4.69, 9.17) is 19.4 Å². The zero-order valence-corrected chi connectivity index (χ0v) is 21.4. The topological polar surface area (TPSA) is 79.8 Å². The van der Waals surface area contributed by atoms with Gasteiger partial charge in [-0.05, 0) is 55.7 Å². The quantitative estimate of drug-likeness (QED) is 0.484. The molecule has 0 aliphatic carbocycles.